The summed E-state index contributed by atoms with van der Waals surface area (Å²) in [6.07, 6.45) is 0.681. The van der Waals surface area contributed by atoms with Gasteiger partial charge in [-0.05, 0) is 36.2 Å². The van der Waals surface area contributed by atoms with Gasteiger partial charge in [-0.2, -0.15) is 5.26 Å². The van der Waals surface area contributed by atoms with E-state index in [1.54, 1.807) is 37.3 Å². The van der Waals surface area contributed by atoms with Gasteiger partial charge >= 0.3 is 0 Å². The molecule has 0 radical (unpaired) electrons. The van der Waals surface area contributed by atoms with Crippen LogP contribution in [0.2, 0.25) is 0 Å². The molecule has 4 heteroatoms. The Labute approximate surface area is 116 Å². The number of carbonyl (C=O) groups is 1. The van der Waals surface area contributed by atoms with E-state index >= 15 is 0 Å². The van der Waals surface area contributed by atoms with Gasteiger partial charge in [0.2, 0.25) is 0 Å². The zero-order valence-electron chi connectivity index (χ0n) is 11.2. The Morgan fingerprint density at radius 2 is 2.10 bits per heavy atom. The number of aromatic hydroxyl groups is 1. The highest BCUT2D eigenvalue weighted by atomic mass is 16.5. The number of phenolic OH excluding ortho intramolecular Hbond substituents is 1. The average Bonchev–Trinajstić information content (AvgIpc) is 2.47. The minimum absolute atomic E-state index is 0.0929. The van der Waals surface area contributed by atoms with Gasteiger partial charge in [-0.1, -0.05) is 12.1 Å². The number of aldehydes is 1. The molecule has 2 aromatic rings. The SMILES string of the molecule is COc1c(C)cc(C=O)c(-c2cccc(C#N)c2)c1O. The molecule has 0 bridgehead atoms. The molecule has 0 amide bonds. The fourth-order valence-electron chi connectivity index (χ4n) is 2.21. The highest BCUT2D eigenvalue weighted by Crippen LogP contribution is 2.41. The van der Waals surface area contributed by atoms with Gasteiger partial charge in [0.05, 0.1) is 18.7 Å². The van der Waals surface area contributed by atoms with Crippen molar-refractivity contribution in [3.05, 3.63) is 47.0 Å². The van der Waals surface area contributed by atoms with E-state index in [0.29, 0.717) is 39.9 Å². The van der Waals surface area contributed by atoms with Crippen molar-refractivity contribution in [3.8, 4) is 28.7 Å². The van der Waals surface area contributed by atoms with E-state index in [-0.39, 0.29) is 5.75 Å². The van der Waals surface area contributed by atoms with Crippen molar-refractivity contribution < 1.29 is 14.6 Å². The molecule has 0 atom stereocenters. The molecule has 4 nitrogen and oxygen atoms in total. The first-order valence-corrected chi connectivity index (χ1v) is 5.98. The number of ether oxygens (including phenoxy) is 1. The van der Waals surface area contributed by atoms with Gasteiger partial charge in [-0.25, -0.2) is 0 Å². The van der Waals surface area contributed by atoms with Gasteiger partial charge in [0.15, 0.2) is 17.8 Å². The summed E-state index contributed by atoms with van der Waals surface area (Å²) in [6, 6.07) is 10.4. The summed E-state index contributed by atoms with van der Waals surface area (Å²) in [5.41, 5.74) is 2.46. The molecule has 0 unspecified atom stereocenters. The molecular formula is C16H13NO3. The fourth-order valence-corrected chi connectivity index (χ4v) is 2.21. The Balaban J connectivity index is 2.78. The Bertz CT molecular complexity index is 714. The molecule has 2 rings (SSSR count). The molecule has 0 saturated heterocycles. The third kappa shape index (κ3) is 2.21. The van der Waals surface area contributed by atoms with Crippen LogP contribution in [-0.4, -0.2) is 18.5 Å². The predicted octanol–water partition coefficient (Wildman–Crippen LogP) is 3.06. The maximum atomic E-state index is 11.2. The highest BCUT2D eigenvalue weighted by Gasteiger charge is 2.17. The van der Waals surface area contributed by atoms with E-state index in [1.165, 1.54) is 7.11 Å². The number of nitrogens with zero attached hydrogens (tertiary/aromatic N) is 1. The van der Waals surface area contributed by atoms with Gasteiger partial charge in [0.1, 0.15) is 0 Å². The summed E-state index contributed by atoms with van der Waals surface area (Å²) in [5, 5.41) is 19.3. The minimum Gasteiger partial charge on any atom is -0.504 e. The Morgan fingerprint density at radius 3 is 2.70 bits per heavy atom. The lowest BCUT2D eigenvalue weighted by Gasteiger charge is -2.14. The molecule has 2 aromatic carbocycles. The van der Waals surface area contributed by atoms with E-state index in [1.807, 2.05) is 6.07 Å². The third-order valence-electron chi connectivity index (χ3n) is 3.08. The second-order valence-corrected chi connectivity index (χ2v) is 4.35. The number of phenols is 1. The molecule has 0 spiro atoms. The lowest BCUT2D eigenvalue weighted by molar-refractivity contribution is 0.112. The van der Waals surface area contributed by atoms with Gasteiger partial charge in [-0.3, -0.25) is 4.79 Å². The zero-order valence-corrected chi connectivity index (χ0v) is 11.2. The molecule has 0 heterocycles. The van der Waals surface area contributed by atoms with Crippen molar-refractivity contribution in [1.29, 1.82) is 5.26 Å². The van der Waals surface area contributed by atoms with Crippen LogP contribution >= 0.6 is 0 Å². The van der Waals surface area contributed by atoms with Crippen molar-refractivity contribution in [2.24, 2.45) is 0 Å². The second kappa shape index (κ2) is 5.45. The van der Waals surface area contributed by atoms with Crippen LogP contribution in [0.4, 0.5) is 0 Å². The van der Waals surface area contributed by atoms with E-state index < -0.39 is 0 Å². The highest BCUT2D eigenvalue weighted by molar-refractivity contribution is 5.92. The number of methoxy groups -OCH3 is 1. The molecule has 0 aliphatic rings. The Kier molecular flexibility index (Phi) is 3.72. The van der Waals surface area contributed by atoms with Crippen LogP contribution in [0, 0.1) is 18.3 Å². The quantitative estimate of drug-likeness (QED) is 0.867. The van der Waals surface area contributed by atoms with E-state index in [0.717, 1.165) is 0 Å². The second-order valence-electron chi connectivity index (χ2n) is 4.35. The van der Waals surface area contributed by atoms with E-state index in [2.05, 4.69) is 0 Å². The monoisotopic (exact) mass is 267 g/mol. The summed E-state index contributed by atoms with van der Waals surface area (Å²) in [6.45, 7) is 1.75. The van der Waals surface area contributed by atoms with Crippen molar-refractivity contribution in [1.82, 2.24) is 0 Å². The standard InChI is InChI=1S/C16H13NO3/c1-10-6-13(9-18)14(15(19)16(10)20-2)12-5-3-4-11(7-12)8-17/h3-7,9,19H,1-2H3. The van der Waals surface area contributed by atoms with E-state index in [9.17, 15) is 9.90 Å². The number of hydrogen-bond acceptors (Lipinski definition) is 4. The lowest BCUT2D eigenvalue weighted by Crippen LogP contribution is -1.95. The molecule has 0 fully saturated rings. The largest absolute Gasteiger partial charge is 0.504 e. The summed E-state index contributed by atoms with van der Waals surface area (Å²) >= 11 is 0. The third-order valence-corrected chi connectivity index (χ3v) is 3.08. The number of carbonyl (C=O) groups excluding carboxylic acids is 1. The van der Waals surface area contributed by atoms with Crippen LogP contribution in [0.25, 0.3) is 11.1 Å². The number of aryl methyl sites for hydroxylation is 1. The van der Waals surface area contributed by atoms with Crippen LogP contribution in [0.1, 0.15) is 21.5 Å². The minimum atomic E-state index is -0.0929. The van der Waals surface area contributed by atoms with Crippen molar-refractivity contribution in [2.75, 3.05) is 7.11 Å². The zero-order chi connectivity index (χ0) is 14.7. The van der Waals surface area contributed by atoms with Gasteiger partial charge < -0.3 is 9.84 Å². The lowest BCUT2D eigenvalue weighted by atomic mass is 9.95. The summed E-state index contributed by atoms with van der Waals surface area (Å²) < 4.78 is 5.16. The van der Waals surface area contributed by atoms with Crippen LogP contribution < -0.4 is 4.74 Å². The Hall–Kier alpha value is -2.80. The van der Waals surface area contributed by atoms with Gasteiger partial charge in [0.25, 0.3) is 0 Å². The summed E-state index contributed by atoms with van der Waals surface area (Å²) in [4.78, 5) is 11.2. The summed E-state index contributed by atoms with van der Waals surface area (Å²) in [5.74, 6) is 0.234. The summed E-state index contributed by atoms with van der Waals surface area (Å²) in [7, 11) is 1.46. The maximum Gasteiger partial charge on any atom is 0.166 e. The van der Waals surface area contributed by atoms with Crippen molar-refractivity contribution in [2.45, 2.75) is 6.92 Å². The molecule has 0 saturated carbocycles. The molecular weight excluding hydrogens is 254 g/mol. The molecule has 100 valence electrons. The predicted molar refractivity (Wildman–Crippen MR) is 74.9 cm³/mol. The topological polar surface area (TPSA) is 70.3 Å². The molecule has 0 aliphatic carbocycles. The van der Waals surface area contributed by atoms with Crippen LogP contribution in [0.5, 0.6) is 11.5 Å². The van der Waals surface area contributed by atoms with Crippen LogP contribution in [0.15, 0.2) is 30.3 Å². The first kappa shape index (κ1) is 13.6. The first-order valence-electron chi connectivity index (χ1n) is 5.98. The van der Waals surface area contributed by atoms with Crippen molar-refractivity contribution >= 4 is 6.29 Å². The normalized spacial score (nSPS) is 9.85. The number of nitriles is 1. The fraction of sp³-hybridized carbons (Fsp3) is 0.125. The maximum absolute atomic E-state index is 11.2. The smallest absolute Gasteiger partial charge is 0.166 e. The van der Waals surface area contributed by atoms with Gasteiger partial charge in [-0.15, -0.1) is 0 Å². The number of benzene rings is 2. The molecule has 0 aromatic heterocycles. The number of rotatable bonds is 3. The molecule has 0 aliphatic heterocycles. The molecule has 1 N–H and O–H groups in total. The Morgan fingerprint density at radius 1 is 1.35 bits per heavy atom. The number of hydrogen-bond donors (Lipinski definition) is 1. The van der Waals surface area contributed by atoms with Crippen LogP contribution in [-0.2, 0) is 0 Å². The van der Waals surface area contributed by atoms with Crippen LogP contribution in [0.3, 0.4) is 0 Å². The average molecular weight is 267 g/mol. The van der Waals surface area contributed by atoms with Crippen molar-refractivity contribution in [3.63, 3.8) is 0 Å². The molecule has 20 heavy (non-hydrogen) atoms. The van der Waals surface area contributed by atoms with Gasteiger partial charge in [0, 0.05) is 11.1 Å². The first-order chi connectivity index (χ1) is 9.62. The van der Waals surface area contributed by atoms with E-state index in [4.69, 9.17) is 10.00 Å².